The first-order chi connectivity index (χ1) is 12.2. The molecule has 2 nitrogen and oxygen atoms in total. The lowest BCUT2D eigenvalue weighted by Crippen LogP contribution is -2.22. The van der Waals surface area contributed by atoms with E-state index in [1.807, 2.05) is 66.7 Å². The van der Waals surface area contributed by atoms with E-state index >= 15 is 0 Å². The predicted molar refractivity (Wildman–Crippen MR) is 110 cm³/mol. The first-order valence-corrected chi connectivity index (χ1v) is 9.21. The second-order valence-corrected chi connectivity index (χ2v) is 6.91. The largest absolute Gasteiger partial charge is 0.488 e. The Bertz CT molecular complexity index is 837. The quantitative estimate of drug-likeness (QED) is 0.541. The van der Waals surface area contributed by atoms with Gasteiger partial charge in [0.05, 0.1) is 5.56 Å². The lowest BCUT2D eigenvalue weighted by molar-refractivity contribution is 0.305. The summed E-state index contributed by atoms with van der Waals surface area (Å²) in [5, 5.41) is 3.31. The van der Waals surface area contributed by atoms with Crippen molar-refractivity contribution in [2.24, 2.45) is 0 Å². The monoisotopic (exact) mass is 411 g/mol. The maximum Gasteiger partial charge on any atom is 0.130 e. The molecule has 0 aliphatic heterocycles. The molecule has 3 aromatic carbocycles. The van der Waals surface area contributed by atoms with Gasteiger partial charge in [-0.1, -0.05) is 88.8 Å². The van der Waals surface area contributed by atoms with Gasteiger partial charge in [-0.2, -0.15) is 0 Å². The van der Waals surface area contributed by atoms with E-state index in [2.05, 4.69) is 33.4 Å². The summed E-state index contributed by atoms with van der Waals surface area (Å²) in [5.74, 6) is 0.776. The van der Waals surface area contributed by atoms with Gasteiger partial charge in [-0.15, -0.1) is 0 Å². The number of halogens is 1. The van der Waals surface area contributed by atoms with E-state index in [1.165, 1.54) is 5.56 Å². The van der Waals surface area contributed by atoms with Gasteiger partial charge in [0.2, 0.25) is 0 Å². The number of hydrogen-bond acceptors (Lipinski definition) is 2. The smallest absolute Gasteiger partial charge is 0.130 e. The van der Waals surface area contributed by atoms with Crippen molar-refractivity contribution in [1.29, 1.82) is 0 Å². The van der Waals surface area contributed by atoms with Gasteiger partial charge in [-0.05, 0) is 29.3 Å². The van der Waals surface area contributed by atoms with Crippen LogP contribution in [0.15, 0.2) is 83.3 Å². The SMILES string of the molecule is S=C(NCc1ccccc1)c1cc(Br)ccc1OCc1ccccc1. The van der Waals surface area contributed by atoms with E-state index in [1.54, 1.807) is 0 Å². The molecule has 0 saturated heterocycles. The van der Waals surface area contributed by atoms with Gasteiger partial charge in [-0.3, -0.25) is 0 Å². The summed E-state index contributed by atoms with van der Waals surface area (Å²) >= 11 is 9.10. The summed E-state index contributed by atoms with van der Waals surface area (Å²) in [4.78, 5) is 0.674. The van der Waals surface area contributed by atoms with Crippen LogP contribution in [-0.2, 0) is 13.2 Å². The highest BCUT2D eigenvalue weighted by Gasteiger charge is 2.10. The van der Waals surface area contributed by atoms with E-state index in [0.717, 1.165) is 21.3 Å². The van der Waals surface area contributed by atoms with Crippen molar-refractivity contribution in [3.05, 3.63) is 100 Å². The maximum atomic E-state index is 6.00. The first kappa shape index (κ1) is 17.6. The highest BCUT2D eigenvalue weighted by Crippen LogP contribution is 2.24. The van der Waals surface area contributed by atoms with Gasteiger partial charge < -0.3 is 10.1 Å². The van der Waals surface area contributed by atoms with Crippen LogP contribution in [0, 0.1) is 0 Å². The number of rotatable bonds is 6. The fourth-order valence-electron chi connectivity index (χ4n) is 2.41. The number of benzene rings is 3. The van der Waals surface area contributed by atoms with Crippen LogP contribution < -0.4 is 10.1 Å². The van der Waals surface area contributed by atoms with E-state index < -0.39 is 0 Å². The number of hydrogen-bond donors (Lipinski definition) is 1. The van der Waals surface area contributed by atoms with E-state index in [0.29, 0.717) is 18.1 Å². The molecule has 0 amide bonds. The molecule has 0 saturated carbocycles. The van der Waals surface area contributed by atoms with Crippen LogP contribution in [0.1, 0.15) is 16.7 Å². The third kappa shape index (κ3) is 5.15. The Balaban J connectivity index is 1.70. The fourth-order valence-corrected chi connectivity index (χ4v) is 3.01. The molecule has 3 rings (SSSR count). The Labute approximate surface area is 162 Å². The Morgan fingerprint density at radius 3 is 2.20 bits per heavy atom. The minimum absolute atomic E-state index is 0.511. The topological polar surface area (TPSA) is 21.3 Å². The van der Waals surface area contributed by atoms with Crippen LogP contribution in [-0.4, -0.2) is 4.99 Å². The Kier molecular flexibility index (Phi) is 6.20. The van der Waals surface area contributed by atoms with Gasteiger partial charge >= 0.3 is 0 Å². The van der Waals surface area contributed by atoms with Gasteiger partial charge in [0.15, 0.2) is 0 Å². The van der Waals surface area contributed by atoms with Crippen LogP contribution >= 0.6 is 28.1 Å². The van der Waals surface area contributed by atoms with Crippen LogP contribution in [0.5, 0.6) is 5.75 Å². The molecule has 0 heterocycles. The van der Waals surface area contributed by atoms with Crippen molar-refractivity contribution >= 4 is 33.1 Å². The summed E-state index contributed by atoms with van der Waals surface area (Å²) in [6.45, 7) is 1.20. The summed E-state index contributed by atoms with van der Waals surface area (Å²) in [5.41, 5.74) is 3.20. The fraction of sp³-hybridized carbons (Fsp3) is 0.0952. The molecule has 0 radical (unpaired) electrons. The molecule has 126 valence electrons. The molecule has 0 bridgehead atoms. The van der Waals surface area contributed by atoms with Crippen molar-refractivity contribution in [1.82, 2.24) is 5.32 Å². The van der Waals surface area contributed by atoms with E-state index in [4.69, 9.17) is 17.0 Å². The summed E-state index contributed by atoms with van der Waals surface area (Å²) in [6, 6.07) is 26.2. The molecular formula is C21H18BrNOS. The van der Waals surface area contributed by atoms with Crippen molar-refractivity contribution in [2.45, 2.75) is 13.2 Å². The summed E-state index contributed by atoms with van der Waals surface area (Å²) < 4.78 is 6.97. The van der Waals surface area contributed by atoms with Gasteiger partial charge in [0, 0.05) is 11.0 Å². The zero-order valence-electron chi connectivity index (χ0n) is 13.6. The number of ether oxygens (including phenoxy) is 1. The van der Waals surface area contributed by atoms with Crippen molar-refractivity contribution in [3.8, 4) is 5.75 Å². The van der Waals surface area contributed by atoms with Crippen molar-refractivity contribution in [3.63, 3.8) is 0 Å². The standard InChI is InChI=1S/C21H18BrNOS/c22-18-11-12-20(24-15-17-9-5-2-6-10-17)19(13-18)21(25)23-14-16-7-3-1-4-8-16/h1-13H,14-15H2,(H,23,25). The lowest BCUT2D eigenvalue weighted by atomic mass is 10.1. The summed E-state index contributed by atoms with van der Waals surface area (Å²) in [6.07, 6.45) is 0. The highest BCUT2D eigenvalue weighted by molar-refractivity contribution is 9.10. The van der Waals surface area contributed by atoms with E-state index in [9.17, 15) is 0 Å². The summed E-state index contributed by atoms with van der Waals surface area (Å²) in [7, 11) is 0. The third-order valence-electron chi connectivity index (χ3n) is 3.72. The zero-order chi connectivity index (χ0) is 17.5. The maximum absolute atomic E-state index is 6.00. The number of nitrogens with one attached hydrogen (secondary N) is 1. The van der Waals surface area contributed by atoms with Crippen LogP contribution in [0.2, 0.25) is 0 Å². The molecule has 0 aliphatic carbocycles. The highest BCUT2D eigenvalue weighted by atomic mass is 79.9. The van der Waals surface area contributed by atoms with Gasteiger partial charge in [0.25, 0.3) is 0 Å². The molecule has 3 aromatic rings. The van der Waals surface area contributed by atoms with Gasteiger partial charge in [-0.25, -0.2) is 0 Å². The Morgan fingerprint density at radius 1 is 0.880 bits per heavy atom. The Hall–Kier alpha value is -2.17. The minimum atomic E-state index is 0.511. The molecule has 0 aromatic heterocycles. The van der Waals surface area contributed by atoms with E-state index in [-0.39, 0.29) is 0 Å². The van der Waals surface area contributed by atoms with Gasteiger partial charge in [0.1, 0.15) is 17.3 Å². The van der Waals surface area contributed by atoms with Crippen molar-refractivity contribution in [2.75, 3.05) is 0 Å². The molecule has 0 spiro atoms. The second-order valence-electron chi connectivity index (χ2n) is 5.58. The average Bonchev–Trinajstić information content (AvgIpc) is 2.66. The van der Waals surface area contributed by atoms with Crippen LogP contribution in [0.3, 0.4) is 0 Å². The average molecular weight is 412 g/mol. The lowest BCUT2D eigenvalue weighted by Gasteiger charge is -2.14. The molecule has 25 heavy (non-hydrogen) atoms. The predicted octanol–water partition coefficient (Wildman–Crippen LogP) is 5.49. The molecule has 0 fully saturated rings. The molecular weight excluding hydrogens is 394 g/mol. The normalized spacial score (nSPS) is 10.3. The third-order valence-corrected chi connectivity index (χ3v) is 4.58. The molecule has 0 aliphatic rings. The minimum Gasteiger partial charge on any atom is -0.488 e. The van der Waals surface area contributed by atoms with Crippen molar-refractivity contribution < 1.29 is 4.74 Å². The second kappa shape index (κ2) is 8.79. The van der Waals surface area contributed by atoms with Crippen LogP contribution in [0.25, 0.3) is 0 Å². The first-order valence-electron chi connectivity index (χ1n) is 8.01. The van der Waals surface area contributed by atoms with Crippen LogP contribution in [0.4, 0.5) is 0 Å². The molecule has 4 heteroatoms. The molecule has 0 atom stereocenters. The molecule has 0 unspecified atom stereocenters. The Morgan fingerprint density at radius 2 is 1.52 bits per heavy atom. The molecule has 1 N–H and O–H groups in total. The zero-order valence-corrected chi connectivity index (χ0v) is 16.0. The number of thiocarbonyl (C=S) groups is 1.